The molecule has 0 amide bonds. The van der Waals surface area contributed by atoms with Gasteiger partial charge in [0.25, 0.3) is 5.56 Å². The van der Waals surface area contributed by atoms with E-state index in [1.165, 1.54) is 6.07 Å². The molecule has 0 bridgehead atoms. The number of H-pyrrole nitrogens is 1. The zero-order valence-electron chi connectivity index (χ0n) is 11.0. The minimum atomic E-state index is -0.169. The predicted octanol–water partition coefficient (Wildman–Crippen LogP) is 2.81. The van der Waals surface area contributed by atoms with Gasteiger partial charge >= 0.3 is 0 Å². The van der Waals surface area contributed by atoms with Gasteiger partial charge in [-0.25, -0.2) is 4.98 Å². The first-order valence-corrected chi connectivity index (χ1v) is 6.32. The van der Waals surface area contributed by atoms with E-state index in [9.17, 15) is 4.79 Å². The van der Waals surface area contributed by atoms with Crippen LogP contribution in [0.5, 0.6) is 0 Å². The van der Waals surface area contributed by atoms with Crippen LogP contribution in [0.1, 0.15) is 5.56 Å². The number of aromatic amines is 1. The maximum absolute atomic E-state index is 11.9. The summed E-state index contributed by atoms with van der Waals surface area (Å²) in [5, 5.41) is 0. The summed E-state index contributed by atoms with van der Waals surface area (Å²) < 4.78 is 0. The lowest BCUT2D eigenvalue weighted by molar-refractivity contribution is 1.12. The van der Waals surface area contributed by atoms with E-state index in [-0.39, 0.29) is 5.56 Å². The molecule has 0 aliphatic rings. The summed E-state index contributed by atoms with van der Waals surface area (Å²) in [4.78, 5) is 23.3. The van der Waals surface area contributed by atoms with E-state index in [2.05, 4.69) is 15.0 Å². The first-order chi connectivity index (χ1) is 9.74. The number of hydrogen-bond acceptors (Lipinski definition) is 3. The molecule has 3 rings (SSSR count). The largest absolute Gasteiger partial charge is 0.306 e. The third-order valence-corrected chi connectivity index (χ3v) is 3.11. The molecule has 0 saturated carbocycles. The Bertz CT molecular complexity index is 794. The Morgan fingerprint density at radius 3 is 2.65 bits per heavy atom. The molecule has 3 aromatic rings. The van der Waals surface area contributed by atoms with E-state index in [0.717, 1.165) is 16.7 Å². The van der Waals surface area contributed by atoms with Crippen LogP contribution < -0.4 is 5.56 Å². The van der Waals surface area contributed by atoms with E-state index >= 15 is 0 Å². The molecule has 1 N–H and O–H groups in total. The molecule has 0 fully saturated rings. The van der Waals surface area contributed by atoms with Gasteiger partial charge < -0.3 is 4.98 Å². The molecule has 4 nitrogen and oxygen atoms in total. The third kappa shape index (κ3) is 2.36. The highest BCUT2D eigenvalue weighted by Crippen LogP contribution is 2.20. The SMILES string of the molecule is Cc1ccncc1-c1nc(-c2ccccc2)cc(=O)[nH]1. The molecule has 0 radical (unpaired) electrons. The monoisotopic (exact) mass is 263 g/mol. The number of pyridine rings is 1. The molecule has 0 saturated heterocycles. The fraction of sp³-hybridized carbons (Fsp3) is 0.0625. The summed E-state index contributed by atoms with van der Waals surface area (Å²) in [5.74, 6) is 0.543. The zero-order valence-corrected chi connectivity index (χ0v) is 11.0. The highest BCUT2D eigenvalue weighted by molar-refractivity contribution is 5.64. The zero-order chi connectivity index (χ0) is 13.9. The van der Waals surface area contributed by atoms with Crippen molar-refractivity contribution in [3.63, 3.8) is 0 Å². The van der Waals surface area contributed by atoms with E-state index in [1.807, 2.05) is 43.3 Å². The van der Waals surface area contributed by atoms with E-state index in [4.69, 9.17) is 0 Å². The molecule has 0 aliphatic carbocycles. The van der Waals surface area contributed by atoms with Crippen molar-refractivity contribution in [1.82, 2.24) is 15.0 Å². The molecule has 4 heteroatoms. The number of aryl methyl sites for hydroxylation is 1. The molecule has 2 heterocycles. The van der Waals surface area contributed by atoms with Crippen molar-refractivity contribution in [2.24, 2.45) is 0 Å². The van der Waals surface area contributed by atoms with Crippen LogP contribution in [0.3, 0.4) is 0 Å². The molecule has 0 atom stereocenters. The van der Waals surface area contributed by atoms with Gasteiger partial charge in [-0.2, -0.15) is 0 Å². The number of nitrogens with one attached hydrogen (secondary N) is 1. The van der Waals surface area contributed by atoms with Gasteiger partial charge in [0.05, 0.1) is 5.69 Å². The van der Waals surface area contributed by atoms with E-state index in [0.29, 0.717) is 11.5 Å². The summed E-state index contributed by atoms with van der Waals surface area (Å²) in [6.07, 6.45) is 3.43. The van der Waals surface area contributed by atoms with Gasteiger partial charge in [-0.1, -0.05) is 30.3 Å². The van der Waals surface area contributed by atoms with Crippen molar-refractivity contribution in [1.29, 1.82) is 0 Å². The average molecular weight is 263 g/mol. The second kappa shape index (κ2) is 5.09. The van der Waals surface area contributed by atoms with Gasteiger partial charge in [0.15, 0.2) is 0 Å². The minimum absolute atomic E-state index is 0.169. The fourth-order valence-electron chi connectivity index (χ4n) is 2.05. The number of rotatable bonds is 2. The van der Waals surface area contributed by atoms with Gasteiger partial charge in [0.1, 0.15) is 5.82 Å². The molecule has 0 aliphatic heterocycles. The van der Waals surface area contributed by atoms with Crippen LogP contribution in [0.2, 0.25) is 0 Å². The summed E-state index contributed by atoms with van der Waals surface area (Å²) in [6, 6.07) is 13.0. The lowest BCUT2D eigenvalue weighted by atomic mass is 10.1. The number of benzene rings is 1. The van der Waals surface area contributed by atoms with Crippen LogP contribution in [-0.4, -0.2) is 15.0 Å². The Balaban J connectivity index is 2.18. The van der Waals surface area contributed by atoms with Gasteiger partial charge in [-0.05, 0) is 18.6 Å². The quantitative estimate of drug-likeness (QED) is 0.773. The average Bonchev–Trinajstić information content (AvgIpc) is 2.48. The van der Waals surface area contributed by atoms with Crippen molar-refractivity contribution < 1.29 is 0 Å². The lowest BCUT2D eigenvalue weighted by Crippen LogP contribution is -2.09. The Morgan fingerprint density at radius 2 is 1.90 bits per heavy atom. The molecule has 2 aromatic heterocycles. The highest BCUT2D eigenvalue weighted by atomic mass is 16.1. The van der Waals surface area contributed by atoms with Crippen LogP contribution in [0, 0.1) is 6.92 Å². The third-order valence-electron chi connectivity index (χ3n) is 3.11. The predicted molar refractivity (Wildman–Crippen MR) is 78.3 cm³/mol. The summed E-state index contributed by atoms with van der Waals surface area (Å²) in [6.45, 7) is 1.96. The Labute approximate surface area is 116 Å². The number of hydrogen-bond donors (Lipinski definition) is 1. The molecular weight excluding hydrogens is 250 g/mol. The first kappa shape index (κ1) is 12.3. The number of nitrogens with zero attached hydrogens (tertiary/aromatic N) is 2. The molecule has 0 unspecified atom stereocenters. The van der Waals surface area contributed by atoms with Gasteiger partial charge in [0.2, 0.25) is 0 Å². The molecular formula is C16H13N3O. The molecule has 0 spiro atoms. The van der Waals surface area contributed by atoms with E-state index < -0.39 is 0 Å². The van der Waals surface area contributed by atoms with Crippen LogP contribution in [0.4, 0.5) is 0 Å². The fourth-order valence-corrected chi connectivity index (χ4v) is 2.05. The van der Waals surface area contributed by atoms with Crippen molar-refractivity contribution in [2.45, 2.75) is 6.92 Å². The van der Waals surface area contributed by atoms with Crippen LogP contribution >= 0.6 is 0 Å². The molecule has 1 aromatic carbocycles. The summed E-state index contributed by atoms with van der Waals surface area (Å²) >= 11 is 0. The van der Waals surface area contributed by atoms with Crippen LogP contribution in [-0.2, 0) is 0 Å². The smallest absolute Gasteiger partial charge is 0.251 e. The minimum Gasteiger partial charge on any atom is -0.306 e. The van der Waals surface area contributed by atoms with Gasteiger partial charge in [-0.15, -0.1) is 0 Å². The Morgan fingerprint density at radius 1 is 1.10 bits per heavy atom. The maximum Gasteiger partial charge on any atom is 0.251 e. The summed E-state index contributed by atoms with van der Waals surface area (Å²) in [5.41, 5.74) is 3.27. The van der Waals surface area contributed by atoms with E-state index in [1.54, 1.807) is 12.4 Å². The molecule has 98 valence electrons. The van der Waals surface area contributed by atoms with Gasteiger partial charge in [0, 0.05) is 29.6 Å². The highest BCUT2D eigenvalue weighted by Gasteiger charge is 2.08. The molecule has 20 heavy (non-hydrogen) atoms. The second-order valence-electron chi connectivity index (χ2n) is 4.54. The standard InChI is InChI=1S/C16H13N3O/c1-11-7-8-17-10-13(11)16-18-14(9-15(20)19-16)12-5-3-2-4-6-12/h2-10H,1H3,(H,18,19,20). The lowest BCUT2D eigenvalue weighted by Gasteiger charge is -2.06. The second-order valence-corrected chi connectivity index (χ2v) is 4.54. The summed E-state index contributed by atoms with van der Waals surface area (Å²) in [7, 11) is 0. The van der Waals surface area contributed by atoms with Gasteiger partial charge in [-0.3, -0.25) is 9.78 Å². The first-order valence-electron chi connectivity index (χ1n) is 6.32. The Hall–Kier alpha value is -2.75. The van der Waals surface area contributed by atoms with Crippen molar-refractivity contribution in [3.8, 4) is 22.6 Å². The van der Waals surface area contributed by atoms with Crippen molar-refractivity contribution >= 4 is 0 Å². The van der Waals surface area contributed by atoms with Crippen LogP contribution in [0.25, 0.3) is 22.6 Å². The topological polar surface area (TPSA) is 58.6 Å². The van der Waals surface area contributed by atoms with Crippen molar-refractivity contribution in [2.75, 3.05) is 0 Å². The van der Waals surface area contributed by atoms with Crippen molar-refractivity contribution in [3.05, 3.63) is 70.8 Å². The maximum atomic E-state index is 11.9. The normalized spacial score (nSPS) is 10.4. The Kier molecular flexibility index (Phi) is 3.13. The van der Waals surface area contributed by atoms with Crippen LogP contribution in [0.15, 0.2) is 59.7 Å². The number of aromatic nitrogens is 3.